The molecule has 0 aromatic heterocycles. The van der Waals surface area contributed by atoms with Crippen LogP contribution < -0.4 is 10.1 Å². The molecule has 0 heterocycles. The molecule has 1 atom stereocenters. The lowest BCUT2D eigenvalue weighted by Gasteiger charge is -2.21. The number of ether oxygens (including phenoxy) is 1. The van der Waals surface area contributed by atoms with Gasteiger partial charge in [-0.1, -0.05) is 13.8 Å². The van der Waals surface area contributed by atoms with Gasteiger partial charge in [0, 0.05) is 12.6 Å². The molecule has 0 aliphatic rings. The number of hydrogen-bond acceptors (Lipinski definition) is 3. The Morgan fingerprint density at radius 1 is 1.33 bits per heavy atom. The second-order valence-corrected chi connectivity index (χ2v) is 4.71. The summed E-state index contributed by atoms with van der Waals surface area (Å²) in [6, 6.07) is 4.60. The zero-order valence-electron chi connectivity index (χ0n) is 11.3. The van der Waals surface area contributed by atoms with Crippen LogP contribution in [0.25, 0.3) is 0 Å². The maximum Gasteiger partial charge on any atom is 0.127 e. The Bertz CT molecular complexity index is 380. The molecule has 0 saturated heterocycles. The maximum atomic E-state index is 13.4. The fraction of sp³-hybridized carbons (Fsp3) is 0.571. The van der Waals surface area contributed by atoms with Crippen LogP contribution in [0, 0.1) is 5.82 Å². The molecule has 0 radical (unpaired) electrons. The Balaban J connectivity index is 2.68. The molecule has 0 aliphatic heterocycles. The SMILES string of the molecule is CCNCc1cc(F)cc(OCC(C)(O)CC)c1. The van der Waals surface area contributed by atoms with E-state index in [9.17, 15) is 9.50 Å². The van der Waals surface area contributed by atoms with Crippen molar-refractivity contribution in [2.24, 2.45) is 0 Å². The van der Waals surface area contributed by atoms with Crippen molar-refractivity contribution >= 4 is 0 Å². The summed E-state index contributed by atoms with van der Waals surface area (Å²) >= 11 is 0. The highest BCUT2D eigenvalue weighted by molar-refractivity contribution is 5.29. The molecular weight excluding hydrogens is 233 g/mol. The molecule has 0 spiro atoms. The van der Waals surface area contributed by atoms with E-state index in [2.05, 4.69) is 5.32 Å². The predicted molar refractivity (Wildman–Crippen MR) is 70.2 cm³/mol. The summed E-state index contributed by atoms with van der Waals surface area (Å²) in [5.74, 6) is 0.133. The first-order valence-corrected chi connectivity index (χ1v) is 6.32. The molecule has 102 valence electrons. The standard InChI is InChI=1S/C14H22FNO2/c1-4-14(3,17)10-18-13-7-11(9-16-5-2)6-12(15)8-13/h6-8,16-17H,4-5,9-10H2,1-3H3. The Morgan fingerprint density at radius 2 is 2.06 bits per heavy atom. The quantitative estimate of drug-likeness (QED) is 0.786. The largest absolute Gasteiger partial charge is 0.490 e. The molecule has 2 N–H and O–H groups in total. The van der Waals surface area contributed by atoms with Gasteiger partial charge in [-0.2, -0.15) is 0 Å². The summed E-state index contributed by atoms with van der Waals surface area (Å²) in [5, 5.41) is 13.0. The third kappa shape index (κ3) is 5.02. The lowest BCUT2D eigenvalue weighted by molar-refractivity contribution is 0.00834. The summed E-state index contributed by atoms with van der Waals surface area (Å²) in [6.07, 6.45) is 0.590. The Morgan fingerprint density at radius 3 is 2.67 bits per heavy atom. The van der Waals surface area contributed by atoms with E-state index >= 15 is 0 Å². The molecule has 0 fully saturated rings. The van der Waals surface area contributed by atoms with Gasteiger partial charge in [-0.25, -0.2) is 4.39 Å². The highest BCUT2D eigenvalue weighted by Crippen LogP contribution is 2.19. The van der Waals surface area contributed by atoms with E-state index in [1.165, 1.54) is 12.1 Å². The van der Waals surface area contributed by atoms with Crippen LogP contribution in [-0.4, -0.2) is 23.9 Å². The van der Waals surface area contributed by atoms with E-state index in [0.29, 0.717) is 18.7 Å². The van der Waals surface area contributed by atoms with Crippen molar-refractivity contribution in [3.05, 3.63) is 29.6 Å². The van der Waals surface area contributed by atoms with Crippen molar-refractivity contribution in [3.63, 3.8) is 0 Å². The fourth-order valence-electron chi connectivity index (χ4n) is 1.42. The van der Waals surface area contributed by atoms with Crippen LogP contribution in [-0.2, 0) is 6.54 Å². The number of rotatable bonds is 7. The highest BCUT2D eigenvalue weighted by atomic mass is 19.1. The van der Waals surface area contributed by atoms with Gasteiger partial charge in [0.25, 0.3) is 0 Å². The summed E-state index contributed by atoms with van der Waals surface area (Å²) in [6.45, 7) is 7.17. The van der Waals surface area contributed by atoms with E-state index in [1.807, 2.05) is 13.8 Å². The van der Waals surface area contributed by atoms with Crippen LogP contribution in [0.1, 0.15) is 32.8 Å². The average molecular weight is 255 g/mol. The van der Waals surface area contributed by atoms with E-state index in [4.69, 9.17) is 4.74 Å². The molecule has 0 aliphatic carbocycles. The number of aliphatic hydroxyl groups is 1. The smallest absolute Gasteiger partial charge is 0.127 e. The van der Waals surface area contributed by atoms with Gasteiger partial charge in [-0.15, -0.1) is 0 Å². The molecular formula is C14H22FNO2. The summed E-state index contributed by atoms with van der Waals surface area (Å²) < 4.78 is 18.8. The zero-order chi connectivity index (χ0) is 13.6. The summed E-state index contributed by atoms with van der Waals surface area (Å²) in [5.41, 5.74) is -0.0447. The number of halogens is 1. The normalized spacial score (nSPS) is 14.3. The van der Waals surface area contributed by atoms with Crippen LogP contribution in [0.2, 0.25) is 0 Å². The van der Waals surface area contributed by atoms with Crippen molar-refractivity contribution in [2.45, 2.75) is 39.3 Å². The minimum Gasteiger partial charge on any atom is -0.490 e. The van der Waals surface area contributed by atoms with E-state index in [-0.39, 0.29) is 12.4 Å². The second-order valence-electron chi connectivity index (χ2n) is 4.71. The minimum absolute atomic E-state index is 0.160. The molecule has 1 aromatic rings. The van der Waals surface area contributed by atoms with Gasteiger partial charge >= 0.3 is 0 Å². The van der Waals surface area contributed by atoms with Crippen molar-refractivity contribution in [1.82, 2.24) is 5.32 Å². The van der Waals surface area contributed by atoms with Crippen molar-refractivity contribution in [2.75, 3.05) is 13.2 Å². The van der Waals surface area contributed by atoms with Gasteiger partial charge in [0.2, 0.25) is 0 Å². The third-order valence-electron chi connectivity index (χ3n) is 2.82. The van der Waals surface area contributed by atoms with Gasteiger partial charge in [-0.3, -0.25) is 0 Å². The monoisotopic (exact) mass is 255 g/mol. The maximum absolute atomic E-state index is 13.4. The van der Waals surface area contributed by atoms with E-state index < -0.39 is 5.60 Å². The van der Waals surface area contributed by atoms with Gasteiger partial charge in [0.05, 0.1) is 5.60 Å². The van der Waals surface area contributed by atoms with Crippen LogP contribution in [0.3, 0.4) is 0 Å². The van der Waals surface area contributed by atoms with Crippen LogP contribution >= 0.6 is 0 Å². The van der Waals surface area contributed by atoms with Gasteiger partial charge < -0.3 is 15.2 Å². The van der Waals surface area contributed by atoms with Gasteiger partial charge in [0.15, 0.2) is 0 Å². The zero-order valence-corrected chi connectivity index (χ0v) is 11.3. The molecule has 0 amide bonds. The molecule has 1 rings (SSSR count). The highest BCUT2D eigenvalue weighted by Gasteiger charge is 2.18. The Kier molecular flexibility index (Phi) is 5.56. The lowest BCUT2D eigenvalue weighted by atomic mass is 10.1. The van der Waals surface area contributed by atoms with Gasteiger partial charge in [0.1, 0.15) is 18.2 Å². The molecule has 0 saturated carbocycles. The first-order chi connectivity index (χ1) is 8.46. The van der Waals surface area contributed by atoms with Crippen LogP contribution in [0.5, 0.6) is 5.75 Å². The first-order valence-electron chi connectivity index (χ1n) is 6.32. The van der Waals surface area contributed by atoms with Crippen LogP contribution in [0.4, 0.5) is 4.39 Å². The number of hydrogen-bond donors (Lipinski definition) is 2. The summed E-state index contributed by atoms with van der Waals surface area (Å²) in [4.78, 5) is 0. The van der Waals surface area contributed by atoms with E-state index in [0.717, 1.165) is 12.1 Å². The van der Waals surface area contributed by atoms with Crippen LogP contribution in [0.15, 0.2) is 18.2 Å². The Labute approximate surface area is 108 Å². The molecule has 3 nitrogen and oxygen atoms in total. The molecule has 1 aromatic carbocycles. The van der Waals surface area contributed by atoms with Crippen molar-refractivity contribution in [3.8, 4) is 5.75 Å². The first kappa shape index (κ1) is 14.9. The minimum atomic E-state index is -0.881. The third-order valence-corrected chi connectivity index (χ3v) is 2.82. The topological polar surface area (TPSA) is 41.5 Å². The fourth-order valence-corrected chi connectivity index (χ4v) is 1.42. The molecule has 0 bridgehead atoms. The summed E-state index contributed by atoms with van der Waals surface area (Å²) in [7, 11) is 0. The number of benzene rings is 1. The number of nitrogens with one attached hydrogen (secondary N) is 1. The van der Waals surface area contributed by atoms with Gasteiger partial charge in [-0.05, 0) is 37.6 Å². The second kappa shape index (κ2) is 6.71. The molecule has 4 heteroatoms. The van der Waals surface area contributed by atoms with Crippen molar-refractivity contribution in [1.29, 1.82) is 0 Å². The van der Waals surface area contributed by atoms with Crippen molar-refractivity contribution < 1.29 is 14.2 Å². The van der Waals surface area contributed by atoms with E-state index in [1.54, 1.807) is 13.0 Å². The predicted octanol–water partition coefficient (Wildman–Crippen LogP) is 2.48. The molecule has 18 heavy (non-hydrogen) atoms. The Hall–Kier alpha value is -1.13. The lowest BCUT2D eigenvalue weighted by Crippen LogP contribution is -2.31. The average Bonchev–Trinajstić information content (AvgIpc) is 2.33. The molecule has 1 unspecified atom stereocenters.